The van der Waals surface area contributed by atoms with E-state index in [1.54, 1.807) is 6.07 Å². The van der Waals surface area contributed by atoms with Crippen LogP contribution >= 0.6 is 0 Å². The minimum Gasteiger partial charge on any atom is -0.480 e. The van der Waals surface area contributed by atoms with Gasteiger partial charge in [-0.3, -0.25) is 19.3 Å². The second kappa shape index (κ2) is 8.07. The number of hydrogen-bond donors (Lipinski definition) is 3. The average Bonchev–Trinajstić information content (AvgIpc) is 3.43. The number of rotatable bonds is 7. The maximum atomic E-state index is 12.6. The molecule has 0 spiro atoms. The van der Waals surface area contributed by atoms with Crippen LogP contribution in [0.2, 0.25) is 0 Å². The summed E-state index contributed by atoms with van der Waals surface area (Å²) < 4.78 is 0. The van der Waals surface area contributed by atoms with E-state index in [1.807, 2.05) is 4.90 Å². The third-order valence-corrected chi connectivity index (χ3v) is 6.33. The van der Waals surface area contributed by atoms with Gasteiger partial charge in [0.2, 0.25) is 0 Å². The third-order valence-electron chi connectivity index (χ3n) is 6.33. The van der Waals surface area contributed by atoms with Crippen molar-refractivity contribution in [2.45, 2.75) is 69.9 Å². The quantitative estimate of drug-likeness (QED) is 0.618. The van der Waals surface area contributed by atoms with Gasteiger partial charge in [0.15, 0.2) is 0 Å². The van der Waals surface area contributed by atoms with Gasteiger partial charge in [0.1, 0.15) is 5.56 Å². The zero-order valence-electron chi connectivity index (χ0n) is 16.2. The van der Waals surface area contributed by atoms with Crippen LogP contribution in [0.15, 0.2) is 10.9 Å². The highest BCUT2D eigenvalue weighted by Crippen LogP contribution is 2.33. The molecule has 7 nitrogen and oxygen atoms in total. The van der Waals surface area contributed by atoms with Gasteiger partial charge in [-0.05, 0) is 68.9 Å². The summed E-state index contributed by atoms with van der Waals surface area (Å²) in [5.41, 5.74) is 1.96. The van der Waals surface area contributed by atoms with Gasteiger partial charge in [-0.2, -0.15) is 0 Å². The molecule has 1 amide bonds. The van der Waals surface area contributed by atoms with E-state index in [1.165, 1.54) is 12.8 Å². The molecule has 0 atom stereocenters. The minimum absolute atomic E-state index is 0.00575. The molecule has 3 aliphatic carbocycles. The molecule has 4 rings (SSSR count). The summed E-state index contributed by atoms with van der Waals surface area (Å²) in [5.74, 6) is -0.487. The first-order valence-corrected chi connectivity index (χ1v) is 10.5. The number of amides is 1. The Balaban J connectivity index is 1.35. The van der Waals surface area contributed by atoms with Crippen molar-refractivity contribution >= 4 is 11.9 Å². The number of pyridine rings is 1. The van der Waals surface area contributed by atoms with Crippen LogP contribution in [0.3, 0.4) is 0 Å². The summed E-state index contributed by atoms with van der Waals surface area (Å²) in [4.78, 5) is 41.1. The number of aryl methyl sites for hydroxylation is 2. The molecule has 0 unspecified atom stereocenters. The fourth-order valence-corrected chi connectivity index (χ4v) is 4.44. The summed E-state index contributed by atoms with van der Waals surface area (Å²) in [6.45, 7) is 0.897. The predicted molar refractivity (Wildman–Crippen MR) is 105 cm³/mol. The Bertz CT molecular complexity index is 808. The smallest absolute Gasteiger partial charge is 0.317 e. The highest BCUT2D eigenvalue weighted by atomic mass is 16.4. The molecule has 1 aromatic heterocycles. The molecular weight excluding hydrogens is 358 g/mol. The standard InChI is InChI=1S/C21H29N3O4/c25-19(26)12-24(11-13-6-7-13)16-9-15(10-16)22-20(27)17-8-14-4-2-1-3-5-18(14)23-21(17)28/h8,13,15-16H,1-7,9-12H2,(H,22,27)(H,23,28)(H,25,26). The number of carbonyl (C=O) groups excluding carboxylic acids is 1. The number of fused-ring (bicyclic) bond motifs is 1. The maximum absolute atomic E-state index is 12.6. The van der Waals surface area contributed by atoms with Gasteiger partial charge >= 0.3 is 5.97 Å². The summed E-state index contributed by atoms with van der Waals surface area (Å²) >= 11 is 0. The molecule has 1 aromatic rings. The second-order valence-electron chi connectivity index (χ2n) is 8.64. The van der Waals surface area contributed by atoms with Crippen LogP contribution in [0.25, 0.3) is 0 Å². The lowest BCUT2D eigenvalue weighted by molar-refractivity contribution is -0.139. The van der Waals surface area contributed by atoms with Crippen molar-refractivity contribution in [1.29, 1.82) is 0 Å². The number of nitrogens with zero attached hydrogens (tertiary/aromatic N) is 1. The molecule has 28 heavy (non-hydrogen) atoms. The van der Waals surface area contributed by atoms with Crippen LogP contribution in [-0.2, 0) is 17.6 Å². The summed E-state index contributed by atoms with van der Waals surface area (Å²) in [6.07, 6.45) is 8.95. The molecule has 1 heterocycles. The van der Waals surface area contributed by atoms with Gasteiger partial charge in [0.05, 0.1) is 6.54 Å². The van der Waals surface area contributed by atoms with Gasteiger partial charge in [-0.15, -0.1) is 0 Å². The minimum atomic E-state index is -0.801. The van der Waals surface area contributed by atoms with Gasteiger partial charge in [0.25, 0.3) is 11.5 Å². The number of H-pyrrole nitrogens is 1. The van der Waals surface area contributed by atoms with Crippen molar-refractivity contribution in [3.05, 3.63) is 33.2 Å². The van der Waals surface area contributed by atoms with E-state index in [0.29, 0.717) is 5.92 Å². The third kappa shape index (κ3) is 4.46. The van der Waals surface area contributed by atoms with Crippen molar-refractivity contribution in [3.8, 4) is 0 Å². The van der Waals surface area contributed by atoms with Gasteiger partial charge in [-0.25, -0.2) is 0 Å². The Kier molecular flexibility index (Phi) is 5.53. The largest absolute Gasteiger partial charge is 0.480 e. The molecule has 2 saturated carbocycles. The van der Waals surface area contributed by atoms with E-state index in [2.05, 4.69) is 10.3 Å². The van der Waals surface area contributed by atoms with E-state index in [4.69, 9.17) is 5.11 Å². The first-order valence-electron chi connectivity index (χ1n) is 10.5. The monoisotopic (exact) mass is 387 g/mol. The highest BCUT2D eigenvalue weighted by molar-refractivity contribution is 5.94. The summed E-state index contributed by atoms with van der Waals surface area (Å²) in [6, 6.07) is 1.98. The van der Waals surface area contributed by atoms with Crippen LogP contribution in [-0.4, -0.2) is 52.0 Å². The Hall–Kier alpha value is -2.15. The predicted octanol–water partition coefficient (Wildman–Crippen LogP) is 1.70. The Morgan fingerprint density at radius 1 is 1.18 bits per heavy atom. The van der Waals surface area contributed by atoms with Crippen molar-refractivity contribution in [3.63, 3.8) is 0 Å². The molecule has 3 N–H and O–H groups in total. The van der Waals surface area contributed by atoms with Crippen molar-refractivity contribution in [2.75, 3.05) is 13.1 Å². The number of aromatic amines is 1. The van der Waals surface area contributed by atoms with Crippen LogP contribution in [0.4, 0.5) is 0 Å². The number of hydrogen-bond acceptors (Lipinski definition) is 4. The molecule has 3 aliphatic rings. The Morgan fingerprint density at radius 2 is 1.93 bits per heavy atom. The first-order chi connectivity index (χ1) is 13.5. The fourth-order valence-electron chi connectivity index (χ4n) is 4.44. The molecule has 0 saturated heterocycles. The number of aromatic nitrogens is 1. The van der Waals surface area contributed by atoms with E-state index < -0.39 is 5.97 Å². The number of aliphatic carboxylic acids is 1. The SMILES string of the molecule is O=C(O)CN(CC1CC1)C1CC(NC(=O)c2cc3c([nH]c2=O)CCCCC3)C1. The van der Waals surface area contributed by atoms with Crippen molar-refractivity contribution < 1.29 is 14.7 Å². The highest BCUT2D eigenvalue weighted by Gasteiger charge is 2.38. The Morgan fingerprint density at radius 3 is 2.64 bits per heavy atom. The van der Waals surface area contributed by atoms with Crippen LogP contribution in [0.1, 0.15) is 66.6 Å². The molecule has 7 heteroatoms. The molecule has 0 aromatic carbocycles. The van der Waals surface area contributed by atoms with Crippen LogP contribution < -0.4 is 10.9 Å². The first kappa shape index (κ1) is 19.2. The lowest BCUT2D eigenvalue weighted by atomic mass is 9.85. The topological polar surface area (TPSA) is 102 Å². The maximum Gasteiger partial charge on any atom is 0.317 e. The van der Waals surface area contributed by atoms with Crippen molar-refractivity contribution in [1.82, 2.24) is 15.2 Å². The number of carbonyl (C=O) groups is 2. The Labute approximate surface area is 164 Å². The van der Waals surface area contributed by atoms with E-state index in [0.717, 1.165) is 62.7 Å². The van der Waals surface area contributed by atoms with Crippen molar-refractivity contribution in [2.24, 2.45) is 5.92 Å². The summed E-state index contributed by atoms with van der Waals surface area (Å²) in [7, 11) is 0. The number of carboxylic acids is 1. The normalized spacial score (nSPS) is 24.2. The number of nitrogens with one attached hydrogen (secondary N) is 2. The van der Waals surface area contributed by atoms with Gasteiger partial charge < -0.3 is 15.4 Å². The average molecular weight is 387 g/mol. The van der Waals surface area contributed by atoms with Crippen LogP contribution in [0.5, 0.6) is 0 Å². The molecule has 2 fully saturated rings. The van der Waals surface area contributed by atoms with E-state index in [9.17, 15) is 14.4 Å². The molecule has 0 aliphatic heterocycles. The molecule has 0 bridgehead atoms. The van der Waals surface area contributed by atoms with Gasteiger partial charge in [-0.1, -0.05) is 6.42 Å². The zero-order chi connectivity index (χ0) is 19.7. The number of carboxylic acid groups (broad SMARTS) is 1. The fraction of sp³-hybridized carbons (Fsp3) is 0.667. The second-order valence-corrected chi connectivity index (χ2v) is 8.64. The lowest BCUT2D eigenvalue weighted by Gasteiger charge is -2.42. The summed E-state index contributed by atoms with van der Waals surface area (Å²) in [5, 5.41) is 12.1. The van der Waals surface area contributed by atoms with Crippen LogP contribution in [0, 0.1) is 5.92 Å². The molecule has 0 radical (unpaired) electrons. The molecule has 152 valence electrons. The zero-order valence-corrected chi connectivity index (χ0v) is 16.2. The van der Waals surface area contributed by atoms with Gasteiger partial charge in [0, 0.05) is 24.3 Å². The van der Waals surface area contributed by atoms with E-state index in [-0.39, 0.29) is 35.7 Å². The molecular formula is C21H29N3O4. The lowest BCUT2D eigenvalue weighted by Crippen LogP contribution is -2.55. The van der Waals surface area contributed by atoms with E-state index >= 15 is 0 Å².